The first-order chi connectivity index (χ1) is 14.2. The lowest BCUT2D eigenvalue weighted by Crippen LogP contribution is -2.28. The fourth-order valence-corrected chi connectivity index (χ4v) is 4.21. The van der Waals surface area contributed by atoms with Crippen molar-refractivity contribution in [1.82, 2.24) is 4.90 Å². The number of para-hydroxylation sites is 1. The SMILES string of the molecule is COc1ccccc1/C=C1\S/C(=N\N=C\c2cccs2)N(Cc2ccco2)C1=O. The van der Waals surface area contributed by atoms with E-state index in [9.17, 15) is 4.79 Å². The Labute approximate surface area is 176 Å². The van der Waals surface area contributed by atoms with E-state index in [-0.39, 0.29) is 12.5 Å². The summed E-state index contributed by atoms with van der Waals surface area (Å²) in [6.45, 7) is 0.287. The maximum atomic E-state index is 13.1. The van der Waals surface area contributed by atoms with Gasteiger partial charge in [0.1, 0.15) is 11.5 Å². The van der Waals surface area contributed by atoms with Crippen LogP contribution < -0.4 is 4.74 Å². The number of thiophene rings is 1. The zero-order valence-electron chi connectivity index (χ0n) is 15.5. The molecule has 0 aliphatic carbocycles. The van der Waals surface area contributed by atoms with Crippen molar-refractivity contribution >= 4 is 46.5 Å². The summed E-state index contributed by atoms with van der Waals surface area (Å²) in [4.78, 5) is 16.2. The van der Waals surface area contributed by atoms with Gasteiger partial charge in [0, 0.05) is 10.4 Å². The molecule has 1 saturated heterocycles. The van der Waals surface area contributed by atoms with Crippen LogP contribution in [-0.2, 0) is 11.3 Å². The number of thioether (sulfide) groups is 1. The average molecular weight is 424 g/mol. The minimum absolute atomic E-state index is 0.151. The third-order valence-electron chi connectivity index (χ3n) is 4.08. The molecule has 0 saturated carbocycles. The number of carbonyl (C=O) groups is 1. The third kappa shape index (κ3) is 4.49. The monoisotopic (exact) mass is 423 g/mol. The largest absolute Gasteiger partial charge is 0.496 e. The van der Waals surface area contributed by atoms with Crippen LogP contribution >= 0.6 is 23.1 Å². The summed E-state index contributed by atoms with van der Waals surface area (Å²) in [7, 11) is 1.61. The van der Waals surface area contributed by atoms with Crippen molar-refractivity contribution in [3.63, 3.8) is 0 Å². The number of carbonyl (C=O) groups excluding carboxylic acids is 1. The van der Waals surface area contributed by atoms with E-state index in [2.05, 4.69) is 10.2 Å². The summed E-state index contributed by atoms with van der Waals surface area (Å²) in [5.41, 5.74) is 0.826. The van der Waals surface area contributed by atoms with E-state index < -0.39 is 0 Å². The molecule has 0 N–H and O–H groups in total. The maximum Gasteiger partial charge on any atom is 0.267 e. The second kappa shape index (κ2) is 8.93. The molecule has 8 heteroatoms. The van der Waals surface area contributed by atoms with Gasteiger partial charge in [-0.1, -0.05) is 24.3 Å². The predicted octanol–water partition coefficient (Wildman–Crippen LogP) is 4.86. The Morgan fingerprint density at radius 2 is 2.07 bits per heavy atom. The summed E-state index contributed by atoms with van der Waals surface area (Å²) in [6, 6.07) is 15.1. The number of rotatable bonds is 6. The Morgan fingerprint density at radius 1 is 1.17 bits per heavy atom. The van der Waals surface area contributed by atoms with Gasteiger partial charge >= 0.3 is 0 Å². The number of hydrogen-bond acceptors (Lipinski definition) is 7. The molecule has 1 aliphatic heterocycles. The molecular formula is C21H17N3O3S2. The van der Waals surface area contributed by atoms with Crippen LogP contribution in [0.3, 0.4) is 0 Å². The molecule has 0 bridgehead atoms. The molecule has 1 fully saturated rings. The lowest BCUT2D eigenvalue weighted by Gasteiger charge is -2.12. The molecule has 0 radical (unpaired) electrons. The minimum Gasteiger partial charge on any atom is -0.496 e. The van der Waals surface area contributed by atoms with Crippen molar-refractivity contribution in [2.45, 2.75) is 6.54 Å². The van der Waals surface area contributed by atoms with Gasteiger partial charge in [0.15, 0.2) is 5.17 Å². The molecule has 3 heterocycles. The highest BCUT2D eigenvalue weighted by Gasteiger charge is 2.34. The smallest absolute Gasteiger partial charge is 0.267 e. The molecule has 4 rings (SSSR count). The van der Waals surface area contributed by atoms with Gasteiger partial charge in [-0.3, -0.25) is 9.69 Å². The molecule has 0 unspecified atom stereocenters. The van der Waals surface area contributed by atoms with Crippen molar-refractivity contribution in [2.24, 2.45) is 10.2 Å². The molecule has 6 nitrogen and oxygen atoms in total. The number of hydrogen-bond donors (Lipinski definition) is 0. The topological polar surface area (TPSA) is 67.4 Å². The Kier molecular flexibility index (Phi) is 5.92. The quantitative estimate of drug-likeness (QED) is 0.323. The molecular weight excluding hydrogens is 406 g/mol. The first-order valence-corrected chi connectivity index (χ1v) is 10.5. The van der Waals surface area contributed by atoms with Crippen LogP contribution in [0.2, 0.25) is 0 Å². The second-order valence-electron chi connectivity index (χ2n) is 5.97. The maximum absolute atomic E-state index is 13.1. The number of amidine groups is 1. The summed E-state index contributed by atoms with van der Waals surface area (Å²) in [5, 5.41) is 10.9. The van der Waals surface area contributed by atoms with E-state index in [0.29, 0.717) is 21.6 Å². The highest BCUT2D eigenvalue weighted by molar-refractivity contribution is 8.18. The van der Waals surface area contributed by atoms with Gasteiger partial charge in [-0.25, -0.2) is 0 Å². The molecule has 0 atom stereocenters. The van der Waals surface area contributed by atoms with Gasteiger partial charge in [0.25, 0.3) is 5.91 Å². The van der Waals surface area contributed by atoms with E-state index in [1.807, 2.05) is 53.9 Å². The molecule has 2 aromatic heterocycles. The average Bonchev–Trinajstić information content (AvgIpc) is 3.49. The second-order valence-corrected chi connectivity index (χ2v) is 7.95. The standard InChI is InChI=1S/C21H17N3O3S2/c1-26-18-9-3-2-6-15(18)12-19-20(25)24(14-16-7-4-10-27-16)21(29-19)23-22-13-17-8-5-11-28-17/h2-13H,14H2,1H3/b19-12-,22-13+,23-21-. The van der Waals surface area contributed by atoms with Crippen molar-refractivity contribution < 1.29 is 13.9 Å². The Morgan fingerprint density at radius 3 is 2.83 bits per heavy atom. The van der Waals surface area contributed by atoms with Crippen LogP contribution in [0.1, 0.15) is 16.2 Å². The number of furan rings is 1. The molecule has 0 spiro atoms. The predicted molar refractivity (Wildman–Crippen MR) is 117 cm³/mol. The first-order valence-electron chi connectivity index (χ1n) is 8.76. The fourth-order valence-electron chi connectivity index (χ4n) is 2.71. The number of benzene rings is 1. The van der Waals surface area contributed by atoms with Crippen molar-refractivity contribution in [3.05, 3.63) is 81.3 Å². The summed E-state index contributed by atoms with van der Waals surface area (Å²) >= 11 is 2.85. The van der Waals surface area contributed by atoms with Gasteiger partial charge in [-0.05, 0) is 47.5 Å². The van der Waals surface area contributed by atoms with E-state index in [1.165, 1.54) is 11.8 Å². The van der Waals surface area contributed by atoms with E-state index >= 15 is 0 Å². The number of amides is 1. The number of methoxy groups -OCH3 is 1. The third-order valence-corrected chi connectivity index (χ3v) is 5.88. The van der Waals surface area contributed by atoms with Crippen LogP contribution in [0.5, 0.6) is 5.75 Å². The molecule has 146 valence electrons. The Bertz CT molecular complexity index is 1070. The first kappa shape index (κ1) is 19.2. The molecule has 1 aliphatic rings. The lowest BCUT2D eigenvalue weighted by atomic mass is 10.2. The van der Waals surface area contributed by atoms with Crippen LogP contribution in [0, 0.1) is 0 Å². The van der Waals surface area contributed by atoms with E-state index in [4.69, 9.17) is 9.15 Å². The van der Waals surface area contributed by atoms with Crippen molar-refractivity contribution in [1.29, 1.82) is 0 Å². The molecule has 1 amide bonds. The van der Waals surface area contributed by atoms with Gasteiger partial charge < -0.3 is 9.15 Å². The summed E-state index contributed by atoms with van der Waals surface area (Å²) < 4.78 is 10.8. The van der Waals surface area contributed by atoms with Crippen LogP contribution in [0.4, 0.5) is 0 Å². The fraction of sp³-hybridized carbons (Fsp3) is 0.0952. The summed E-state index contributed by atoms with van der Waals surface area (Å²) in [6.07, 6.45) is 5.07. The molecule has 29 heavy (non-hydrogen) atoms. The molecule has 1 aromatic carbocycles. The van der Waals surface area contributed by atoms with Gasteiger partial charge in [0.05, 0.1) is 31.0 Å². The molecule has 3 aromatic rings. The van der Waals surface area contributed by atoms with Gasteiger partial charge in [0.2, 0.25) is 0 Å². The van der Waals surface area contributed by atoms with Crippen LogP contribution in [0.25, 0.3) is 6.08 Å². The number of ether oxygens (including phenoxy) is 1. The Hall–Kier alpha value is -3.10. The highest BCUT2D eigenvalue weighted by Crippen LogP contribution is 2.35. The van der Waals surface area contributed by atoms with E-state index in [0.717, 1.165) is 10.4 Å². The Balaban J connectivity index is 1.64. The van der Waals surface area contributed by atoms with Crippen LogP contribution in [-0.4, -0.2) is 29.3 Å². The van der Waals surface area contributed by atoms with Crippen molar-refractivity contribution in [3.8, 4) is 5.75 Å². The van der Waals surface area contributed by atoms with Crippen molar-refractivity contribution in [2.75, 3.05) is 7.11 Å². The highest BCUT2D eigenvalue weighted by atomic mass is 32.2. The zero-order chi connectivity index (χ0) is 20.1. The van der Waals surface area contributed by atoms with Gasteiger partial charge in [-0.15, -0.1) is 16.4 Å². The normalized spacial score (nSPS) is 17.1. The summed E-state index contributed by atoms with van der Waals surface area (Å²) in [5.74, 6) is 1.22. The van der Waals surface area contributed by atoms with Crippen LogP contribution in [0.15, 0.2) is 79.7 Å². The minimum atomic E-state index is -0.151. The van der Waals surface area contributed by atoms with E-state index in [1.54, 1.807) is 41.9 Å². The number of nitrogens with zero attached hydrogens (tertiary/aromatic N) is 3. The lowest BCUT2D eigenvalue weighted by molar-refractivity contribution is -0.122. The van der Waals surface area contributed by atoms with Gasteiger partial charge in [-0.2, -0.15) is 5.10 Å². The zero-order valence-corrected chi connectivity index (χ0v) is 17.2.